The van der Waals surface area contributed by atoms with E-state index in [9.17, 15) is 17.6 Å². The van der Waals surface area contributed by atoms with E-state index in [0.717, 1.165) is 18.2 Å². The molecule has 6 heteroatoms. The molecule has 0 fully saturated rings. The Bertz CT molecular complexity index is 651. The summed E-state index contributed by atoms with van der Waals surface area (Å²) in [5.41, 5.74) is -0.474. The van der Waals surface area contributed by atoms with Crippen LogP contribution in [-0.4, -0.2) is 5.11 Å². The van der Waals surface area contributed by atoms with Crippen molar-refractivity contribution in [3.8, 4) is 11.5 Å². The lowest BCUT2D eigenvalue weighted by atomic mass is 10.1. The summed E-state index contributed by atoms with van der Waals surface area (Å²) in [6.45, 7) is 1.03. The first kappa shape index (κ1) is 15.3. The second kappa shape index (κ2) is 5.73. The third kappa shape index (κ3) is 3.52. The van der Waals surface area contributed by atoms with E-state index >= 15 is 0 Å². The van der Waals surface area contributed by atoms with E-state index in [1.807, 2.05) is 0 Å². The lowest BCUT2D eigenvalue weighted by Gasteiger charge is -2.16. The van der Waals surface area contributed by atoms with Gasteiger partial charge in [0, 0.05) is 0 Å². The van der Waals surface area contributed by atoms with Gasteiger partial charge in [-0.3, -0.25) is 0 Å². The van der Waals surface area contributed by atoms with E-state index in [0.29, 0.717) is 5.56 Å². The normalized spacial score (nSPS) is 11.5. The quantitative estimate of drug-likeness (QED) is 0.849. The van der Waals surface area contributed by atoms with Gasteiger partial charge in [0.05, 0.1) is 12.2 Å². The molecular weight excluding hydrogens is 288 g/mol. The van der Waals surface area contributed by atoms with Crippen LogP contribution in [0.2, 0.25) is 0 Å². The van der Waals surface area contributed by atoms with Gasteiger partial charge in [0.25, 0.3) is 0 Å². The molecule has 0 atom stereocenters. The van der Waals surface area contributed by atoms with Gasteiger partial charge < -0.3 is 9.84 Å². The number of ether oxygens (including phenoxy) is 1. The topological polar surface area (TPSA) is 29.5 Å². The van der Waals surface area contributed by atoms with E-state index in [1.165, 1.54) is 25.1 Å². The Balaban J connectivity index is 2.44. The van der Waals surface area contributed by atoms with Crippen molar-refractivity contribution in [3.63, 3.8) is 0 Å². The number of rotatable bonds is 3. The van der Waals surface area contributed by atoms with Crippen LogP contribution in [0.25, 0.3) is 0 Å². The van der Waals surface area contributed by atoms with Crippen LogP contribution in [0.5, 0.6) is 11.5 Å². The highest BCUT2D eigenvalue weighted by molar-refractivity contribution is 5.44. The summed E-state index contributed by atoms with van der Waals surface area (Å²) in [5.74, 6) is -0.750. The first-order chi connectivity index (χ1) is 9.81. The molecule has 0 aromatic heterocycles. The minimum atomic E-state index is -4.62. The molecule has 0 heterocycles. The number of alkyl halides is 3. The predicted molar refractivity (Wildman–Crippen MR) is 68.6 cm³/mol. The van der Waals surface area contributed by atoms with Crippen molar-refractivity contribution in [1.29, 1.82) is 0 Å². The Morgan fingerprint density at radius 1 is 1.05 bits per heavy atom. The van der Waals surface area contributed by atoms with Gasteiger partial charge in [-0.15, -0.1) is 0 Å². The molecule has 0 spiro atoms. The van der Waals surface area contributed by atoms with E-state index < -0.39 is 29.9 Å². The van der Waals surface area contributed by atoms with Crippen molar-refractivity contribution in [3.05, 3.63) is 58.9 Å². The summed E-state index contributed by atoms with van der Waals surface area (Å²) in [7, 11) is 0. The highest BCUT2D eigenvalue weighted by Gasteiger charge is 2.35. The Hall–Kier alpha value is -2.08. The van der Waals surface area contributed by atoms with Gasteiger partial charge in [-0.05, 0) is 48.4 Å². The Labute approximate surface area is 118 Å². The van der Waals surface area contributed by atoms with Crippen LogP contribution in [0.4, 0.5) is 17.6 Å². The van der Waals surface area contributed by atoms with E-state index in [-0.39, 0.29) is 11.3 Å². The number of aliphatic hydroxyl groups is 1. The summed E-state index contributed by atoms with van der Waals surface area (Å²) in [6, 6.07) is 6.85. The Morgan fingerprint density at radius 3 is 2.29 bits per heavy atom. The van der Waals surface area contributed by atoms with Crippen LogP contribution >= 0.6 is 0 Å². The smallest absolute Gasteiger partial charge is 0.419 e. The maximum atomic E-state index is 13.0. The number of hydrogen-bond donors (Lipinski definition) is 1. The average Bonchev–Trinajstić information content (AvgIpc) is 2.41. The van der Waals surface area contributed by atoms with E-state index in [4.69, 9.17) is 9.84 Å². The monoisotopic (exact) mass is 300 g/mol. The van der Waals surface area contributed by atoms with Crippen molar-refractivity contribution in [2.75, 3.05) is 0 Å². The number of halogens is 4. The van der Waals surface area contributed by atoms with Gasteiger partial charge in [-0.25, -0.2) is 4.39 Å². The molecule has 2 rings (SSSR count). The Kier molecular flexibility index (Phi) is 4.18. The van der Waals surface area contributed by atoms with Crippen molar-refractivity contribution < 1.29 is 27.4 Å². The first-order valence-electron chi connectivity index (χ1n) is 6.06. The van der Waals surface area contributed by atoms with Gasteiger partial charge in [-0.1, -0.05) is 6.07 Å². The van der Waals surface area contributed by atoms with Crippen molar-refractivity contribution in [2.24, 2.45) is 0 Å². The number of hydrogen-bond acceptors (Lipinski definition) is 2. The fraction of sp³-hybridized carbons (Fsp3) is 0.200. The molecule has 21 heavy (non-hydrogen) atoms. The van der Waals surface area contributed by atoms with Crippen LogP contribution in [0.15, 0.2) is 36.4 Å². The first-order valence-corrected chi connectivity index (χ1v) is 6.06. The molecule has 2 aromatic carbocycles. The fourth-order valence-electron chi connectivity index (χ4n) is 1.83. The molecule has 0 amide bonds. The second-order valence-electron chi connectivity index (χ2n) is 4.50. The van der Waals surface area contributed by atoms with Crippen molar-refractivity contribution >= 4 is 0 Å². The largest absolute Gasteiger partial charge is 0.456 e. The summed E-state index contributed by atoms with van der Waals surface area (Å²) in [4.78, 5) is 0. The molecule has 0 aliphatic heterocycles. The number of aryl methyl sites for hydroxylation is 1. The SMILES string of the molecule is Cc1cc(F)ccc1Oc1ccc(CO)cc1C(F)(F)F. The van der Waals surface area contributed by atoms with Gasteiger partial charge in [0.1, 0.15) is 17.3 Å². The van der Waals surface area contributed by atoms with Crippen molar-refractivity contribution in [2.45, 2.75) is 19.7 Å². The molecule has 2 aromatic rings. The van der Waals surface area contributed by atoms with Crippen LogP contribution in [-0.2, 0) is 12.8 Å². The molecule has 0 bridgehead atoms. The molecule has 0 aliphatic carbocycles. The molecular formula is C15H12F4O2. The van der Waals surface area contributed by atoms with E-state index in [2.05, 4.69) is 0 Å². The molecule has 0 unspecified atom stereocenters. The Morgan fingerprint density at radius 2 is 1.71 bits per heavy atom. The highest BCUT2D eigenvalue weighted by Crippen LogP contribution is 2.39. The highest BCUT2D eigenvalue weighted by atomic mass is 19.4. The molecule has 1 N–H and O–H groups in total. The van der Waals surface area contributed by atoms with Crippen LogP contribution in [0.3, 0.4) is 0 Å². The zero-order valence-electron chi connectivity index (χ0n) is 11.0. The van der Waals surface area contributed by atoms with Gasteiger partial charge in [0.15, 0.2) is 0 Å². The molecule has 112 valence electrons. The number of benzene rings is 2. The number of aliphatic hydroxyl groups excluding tert-OH is 1. The molecule has 2 nitrogen and oxygen atoms in total. The minimum absolute atomic E-state index is 0.130. The zero-order valence-corrected chi connectivity index (χ0v) is 11.0. The lowest BCUT2D eigenvalue weighted by molar-refractivity contribution is -0.138. The summed E-state index contributed by atoms with van der Waals surface area (Å²) in [5, 5.41) is 8.93. The average molecular weight is 300 g/mol. The third-order valence-electron chi connectivity index (χ3n) is 2.89. The molecule has 0 radical (unpaired) electrons. The predicted octanol–water partition coefficient (Wildman–Crippen LogP) is 4.44. The van der Waals surface area contributed by atoms with Gasteiger partial charge >= 0.3 is 6.18 Å². The van der Waals surface area contributed by atoms with Gasteiger partial charge in [-0.2, -0.15) is 13.2 Å². The van der Waals surface area contributed by atoms with E-state index in [1.54, 1.807) is 0 Å². The van der Waals surface area contributed by atoms with Gasteiger partial charge in [0.2, 0.25) is 0 Å². The fourth-order valence-corrected chi connectivity index (χ4v) is 1.83. The molecule has 0 saturated heterocycles. The second-order valence-corrected chi connectivity index (χ2v) is 4.50. The maximum absolute atomic E-state index is 13.0. The maximum Gasteiger partial charge on any atom is 0.419 e. The summed E-state index contributed by atoms with van der Waals surface area (Å²) >= 11 is 0. The zero-order chi connectivity index (χ0) is 15.6. The van der Waals surface area contributed by atoms with Crippen LogP contribution in [0, 0.1) is 12.7 Å². The molecule has 0 saturated carbocycles. The summed E-state index contributed by atoms with van der Waals surface area (Å²) in [6.07, 6.45) is -4.62. The third-order valence-corrected chi connectivity index (χ3v) is 2.89. The van der Waals surface area contributed by atoms with Crippen molar-refractivity contribution in [1.82, 2.24) is 0 Å². The van der Waals surface area contributed by atoms with Crippen LogP contribution in [0.1, 0.15) is 16.7 Å². The molecule has 0 aliphatic rings. The standard InChI is InChI=1S/C15H12F4O2/c1-9-6-11(16)3-5-13(9)21-14-4-2-10(8-20)7-12(14)15(17,18)19/h2-7,20H,8H2,1H3. The minimum Gasteiger partial charge on any atom is -0.456 e. The lowest BCUT2D eigenvalue weighted by Crippen LogP contribution is -2.08. The summed E-state index contributed by atoms with van der Waals surface area (Å²) < 4.78 is 57.3. The van der Waals surface area contributed by atoms with Crippen LogP contribution < -0.4 is 4.74 Å².